The van der Waals surface area contributed by atoms with Crippen LogP contribution in [0.4, 0.5) is 5.69 Å². The maximum atomic E-state index is 12.1. The van der Waals surface area contributed by atoms with Crippen molar-refractivity contribution < 1.29 is 13.2 Å². The van der Waals surface area contributed by atoms with Crippen LogP contribution < -0.4 is 11.1 Å². The minimum atomic E-state index is -3.81. The van der Waals surface area contributed by atoms with Gasteiger partial charge in [-0.3, -0.25) is 4.79 Å². The third-order valence-corrected chi connectivity index (χ3v) is 4.05. The summed E-state index contributed by atoms with van der Waals surface area (Å²) in [6, 6.07) is 4.14. The number of benzene rings is 1. The molecule has 0 fully saturated rings. The van der Waals surface area contributed by atoms with E-state index in [-0.39, 0.29) is 15.6 Å². The highest BCUT2D eigenvalue weighted by Crippen LogP contribution is 2.23. The first-order valence-corrected chi connectivity index (χ1v) is 7.63. The van der Waals surface area contributed by atoms with Crippen LogP contribution in [0.15, 0.2) is 23.1 Å². The molecule has 1 rings (SSSR count). The lowest BCUT2D eigenvalue weighted by Crippen LogP contribution is -2.43. The molecule has 106 valence electrons. The largest absolute Gasteiger partial charge is 0.398 e. The van der Waals surface area contributed by atoms with Crippen molar-refractivity contribution in [1.29, 1.82) is 0 Å². The Morgan fingerprint density at radius 1 is 1.37 bits per heavy atom. The van der Waals surface area contributed by atoms with Crippen LogP contribution in [0.2, 0.25) is 5.02 Å². The van der Waals surface area contributed by atoms with Crippen LogP contribution in [0.25, 0.3) is 0 Å². The smallest absolute Gasteiger partial charge is 0.235 e. The molecule has 0 bridgehead atoms. The second-order valence-corrected chi connectivity index (χ2v) is 7.63. The Morgan fingerprint density at radius 3 is 2.47 bits per heavy atom. The van der Waals surface area contributed by atoms with Crippen molar-refractivity contribution in [2.24, 2.45) is 0 Å². The Kier molecular flexibility index (Phi) is 4.47. The zero-order valence-corrected chi connectivity index (χ0v) is 12.6. The van der Waals surface area contributed by atoms with Crippen LogP contribution in [-0.4, -0.2) is 25.6 Å². The first kappa shape index (κ1) is 15.8. The molecule has 3 N–H and O–H groups in total. The predicted molar refractivity (Wildman–Crippen MR) is 75.8 cm³/mol. The molecule has 0 saturated heterocycles. The first-order chi connectivity index (χ1) is 8.51. The zero-order chi connectivity index (χ0) is 14.8. The van der Waals surface area contributed by atoms with Gasteiger partial charge in [0, 0.05) is 10.6 Å². The molecule has 19 heavy (non-hydrogen) atoms. The second-order valence-electron chi connectivity index (χ2n) is 5.24. The quantitative estimate of drug-likeness (QED) is 0.830. The molecule has 0 aromatic heterocycles. The molecule has 0 radical (unpaired) electrons. The van der Waals surface area contributed by atoms with E-state index < -0.39 is 27.0 Å². The average Bonchev–Trinajstić information content (AvgIpc) is 2.17. The van der Waals surface area contributed by atoms with Gasteiger partial charge in [-0.05, 0) is 39.0 Å². The standard InChI is InChI=1S/C12H17ClN2O3S/c1-12(2,3)15-11(16)7-19(17,18)10-6-8(13)4-5-9(10)14/h4-6H,7,14H2,1-3H3,(H,15,16). The first-order valence-electron chi connectivity index (χ1n) is 5.60. The number of amides is 1. The number of halogens is 1. The van der Waals surface area contributed by atoms with Crippen LogP contribution in [0.5, 0.6) is 0 Å². The van der Waals surface area contributed by atoms with Crippen molar-refractivity contribution in [1.82, 2.24) is 5.32 Å². The van der Waals surface area contributed by atoms with Crippen LogP contribution in [0.1, 0.15) is 20.8 Å². The number of nitrogens with two attached hydrogens (primary N) is 1. The summed E-state index contributed by atoms with van der Waals surface area (Å²) in [6.45, 7) is 5.31. The zero-order valence-electron chi connectivity index (χ0n) is 11.0. The molecule has 0 unspecified atom stereocenters. The van der Waals surface area contributed by atoms with Gasteiger partial charge in [0.1, 0.15) is 5.75 Å². The summed E-state index contributed by atoms with van der Waals surface area (Å²) in [5, 5.41) is 2.84. The fraction of sp³-hybridized carbons (Fsp3) is 0.417. The van der Waals surface area contributed by atoms with Crippen molar-refractivity contribution in [3.05, 3.63) is 23.2 Å². The molecule has 0 aliphatic rings. The van der Waals surface area contributed by atoms with Gasteiger partial charge < -0.3 is 11.1 Å². The van der Waals surface area contributed by atoms with Crippen molar-refractivity contribution in [2.75, 3.05) is 11.5 Å². The van der Waals surface area contributed by atoms with E-state index in [1.807, 2.05) is 0 Å². The topological polar surface area (TPSA) is 89.3 Å². The molecule has 1 amide bonds. The summed E-state index contributed by atoms with van der Waals surface area (Å²) in [4.78, 5) is 11.6. The molecular formula is C12H17ClN2O3S. The van der Waals surface area contributed by atoms with Gasteiger partial charge in [0.2, 0.25) is 5.91 Å². The van der Waals surface area contributed by atoms with Crippen molar-refractivity contribution >= 4 is 33.0 Å². The molecule has 0 aliphatic carbocycles. The van der Waals surface area contributed by atoms with Gasteiger partial charge in [-0.15, -0.1) is 0 Å². The Morgan fingerprint density at radius 2 is 1.95 bits per heavy atom. The second kappa shape index (κ2) is 5.38. The summed E-state index contributed by atoms with van der Waals surface area (Å²) in [5.41, 5.74) is 5.19. The molecule has 1 aromatic rings. The number of sulfone groups is 1. The third kappa shape index (κ3) is 4.72. The lowest BCUT2D eigenvalue weighted by molar-refractivity contribution is -0.120. The van der Waals surface area contributed by atoms with Gasteiger partial charge in [-0.25, -0.2) is 8.42 Å². The third-order valence-electron chi connectivity index (χ3n) is 2.15. The summed E-state index contributed by atoms with van der Waals surface area (Å²) < 4.78 is 24.2. The lowest BCUT2D eigenvalue weighted by Gasteiger charge is -2.20. The minimum Gasteiger partial charge on any atom is -0.398 e. The summed E-state index contributed by atoms with van der Waals surface area (Å²) >= 11 is 5.75. The number of carbonyl (C=O) groups excluding carboxylic acids is 1. The van der Waals surface area contributed by atoms with E-state index in [1.165, 1.54) is 18.2 Å². The molecule has 0 aliphatic heterocycles. The fourth-order valence-electron chi connectivity index (χ4n) is 1.48. The maximum absolute atomic E-state index is 12.1. The monoisotopic (exact) mass is 304 g/mol. The summed E-state index contributed by atoms with van der Waals surface area (Å²) in [5.74, 6) is -1.23. The number of nitrogen functional groups attached to an aromatic ring is 1. The maximum Gasteiger partial charge on any atom is 0.235 e. The molecule has 0 heterocycles. The van der Waals surface area contributed by atoms with Gasteiger partial charge in [0.15, 0.2) is 9.84 Å². The normalized spacial score (nSPS) is 12.2. The van der Waals surface area contributed by atoms with E-state index in [9.17, 15) is 13.2 Å². The predicted octanol–water partition coefficient (Wildman–Crippen LogP) is 1.61. The lowest BCUT2D eigenvalue weighted by atomic mass is 10.1. The van der Waals surface area contributed by atoms with Crippen molar-refractivity contribution in [2.45, 2.75) is 31.2 Å². The van der Waals surface area contributed by atoms with Gasteiger partial charge in [0.25, 0.3) is 0 Å². The van der Waals surface area contributed by atoms with E-state index >= 15 is 0 Å². The van der Waals surface area contributed by atoms with Gasteiger partial charge in [0.05, 0.1) is 10.6 Å². The number of hydrogen-bond acceptors (Lipinski definition) is 4. The minimum absolute atomic E-state index is 0.0768. The highest BCUT2D eigenvalue weighted by atomic mass is 35.5. The fourth-order valence-corrected chi connectivity index (χ4v) is 3.03. The van der Waals surface area contributed by atoms with Crippen LogP contribution >= 0.6 is 11.6 Å². The number of hydrogen-bond donors (Lipinski definition) is 2. The average molecular weight is 305 g/mol. The molecule has 0 spiro atoms. The molecule has 5 nitrogen and oxygen atoms in total. The number of nitrogens with one attached hydrogen (secondary N) is 1. The Hall–Kier alpha value is -1.27. The van der Waals surface area contributed by atoms with Gasteiger partial charge in [-0.1, -0.05) is 11.6 Å². The van der Waals surface area contributed by atoms with E-state index in [0.29, 0.717) is 0 Å². The van der Waals surface area contributed by atoms with E-state index in [4.69, 9.17) is 17.3 Å². The molecule has 0 atom stereocenters. The molecular weight excluding hydrogens is 288 g/mol. The number of anilines is 1. The molecule has 0 saturated carbocycles. The Balaban J connectivity index is 2.99. The summed E-state index contributed by atoms with van der Waals surface area (Å²) in [7, 11) is -3.81. The highest BCUT2D eigenvalue weighted by molar-refractivity contribution is 7.92. The van der Waals surface area contributed by atoms with Crippen LogP contribution in [0, 0.1) is 0 Å². The van der Waals surface area contributed by atoms with Gasteiger partial charge >= 0.3 is 0 Å². The van der Waals surface area contributed by atoms with Crippen molar-refractivity contribution in [3.8, 4) is 0 Å². The Labute approximate surface area is 118 Å². The number of rotatable bonds is 3. The van der Waals surface area contributed by atoms with E-state index in [2.05, 4.69) is 5.32 Å². The van der Waals surface area contributed by atoms with E-state index in [0.717, 1.165) is 0 Å². The molecule has 7 heteroatoms. The van der Waals surface area contributed by atoms with Crippen LogP contribution in [-0.2, 0) is 14.6 Å². The van der Waals surface area contributed by atoms with Gasteiger partial charge in [-0.2, -0.15) is 0 Å². The Bertz CT molecular complexity index is 591. The van der Waals surface area contributed by atoms with E-state index in [1.54, 1.807) is 20.8 Å². The SMILES string of the molecule is CC(C)(C)NC(=O)CS(=O)(=O)c1cc(Cl)ccc1N. The number of carbonyl (C=O) groups is 1. The summed E-state index contributed by atoms with van der Waals surface area (Å²) in [6.07, 6.45) is 0. The molecule has 1 aromatic carbocycles. The van der Waals surface area contributed by atoms with Crippen LogP contribution in [0.3, 0.4) is 0 Å². The van der Waals surface area contributed by atoms with Crippen molar-refractivity contribution in [3.63, 3.8) is 0 Å². The highest BCUT2D eigenvalue weighted by Gasteiger charge is 2.24.